The normalized spacial score (nSPS) is 23.4. The van der Waals surface area contributed by atoms with Gasteiger partial charge in [0.2, 0.25) is 5.91 Å². The SMILES string of the molecule is CCCC1NC(CC(C)C)C(=O)N1CC(C)(C)CCOC. The van der Waals surface area contributed by atoms with Crippen molar-refractivity contribution in [3.63, 3.8) is 0 Å². The Hall–Kier alpha value is -0.610. The molecule has 0 aromatic rings. The van der Waals surface area contributed by atoms with E-state index in [1.165, 1.54) is 0 Å². The summed E-state index contributed by atoms with van der Waals surface area (Å²) in [7, 11) is 1.73. The molecule has 0 aromatic heterocycles. The van der Waals surface area contributed by atoms with E-state index in [1.807, 2.05) is 0 Å². The van der Waals surface area contributed by atoms with Gasteiger partial charge >= 0.3 is 0 Å². The number of nitrogens with one attached hydrogen (secondary N) is 1. The lowest BCUT2D eigenvalue weighted by atomic mass is 9.88. The summed E-state index contributed by atoms with van der Waals surface area (Å²) in [5, 5.41) is 3.55. The van der Waals surface area contributed by atoms with Crippen LogP contribution in [0.25, 0.3) is 0 Å². The standard InChI is InChI=1S/C17H34N2O2/c1-7-8-15-18-14(11-13(2)3)16(20)19(15)12-17(4,5)9-10-21-6/h13-15,18H,7-12H2,1-6H3. The van der Waals surface area contributed by atoms with Crippen molar-refractivity contribution in [2.75, 3.05) is 20.3 Å². The van der Waals surface area contributed by atoms with Crippen molar-refractivity contribution < 1.29 is 9.53 Å². The molecule has 0 aliphatic carbocycles. The van der Waals surface area contributed by atoms with Gasteiger partial charge in [0.05, 0.1) is 12.2 Å². The van der Waals surface area contributed by atoms with Crippen molar-refractivity contribution >= 4 is 5.91 Å². The van der Waals surface area contributed by atoms with E-state index in [0.717, 1.165) is 38.8 Å². The van der Waals surface area contributed by atoms with Gasteiger partial charge < -0.3 is 9.64 Å². The Kier molecular flexibility index (Phi) is 7.14. The summed E-state index contributed by atoms with van der Waals surface area (Å²) in [5.41, 5.74) is 0.0893. The van der Waals surface area contributed by atoms with Gasteiger partial charge in [-0.1, -0.05) is 41.0 Å². The van der Waals surface area contributed by atoms with Gasteiger partial charge in [-0.3, -0.25) is 10.1 Å². The predicted molar refractivity (Wildman–Crippen MR) is 87.1 cm³/mol. The molecule has 1 aliphatic rings. The quantitative estimate of drug-likeness (QED) is 0.711. The summed E-state index contributed by atoms with van der Waals surface area (Å²) in [4.78, 5) is 14.8. The lowest BCUT2D eigenvalue weighted by Gasteiger charge is -2.33. The highest BCUT2D eigenvalue weighted by atomic mass is 16.5. The van der Waals surface area contributed by atoms with Crippen LogP contribution in [0, 0.1) is 11.3 Å². The summed E-state index contributed by atoms with van der Waals surface area (Å²) < 4.78 is 5.20. The number of ether oxygens (including phenoxy) is 1. The van der Waals surface area contributed by atoms with Crippen LogP contribution in [0.1, 0.15) is 60.3 Å². The van der Waals surface area contributed by atoms with Gasteiger partial charge in [-0.05, 0) is 30.6 Å². The van der Waals surface area contributed by atoms with Crippen LogP contribution in [0.15, 0.2) is 0 Å². The molecule has 1 saturated heterocycles. The number of amides is 1. The van der Waals surface area contributed by atoms with E-state index in [4.69, 9.17) is 4.74 Å². The molecule has 0 spiro atoms. The maximum Gasteiger partial charge on any atom is 0.241 e. The Balaban J connectivity index is 2.73. The Bertz CT molecular complexity index is 329. The third kappa shape index (κ3) is 5.59. The molecule has 21 heavy (non-hydrogen) atoms. The van der Waals surface area contributed by atoms with Gasteiger partial charge in [0.15, 0.2) is 0 Å². The molecule has 2 atom stereocenters. The smallest absolute Gasteiger partial charge is 0.241 e. The molecule has 4 nitrogen and oxygen atoms in total. The molecule has 1 fully saturated rings. The van der Waals surface area contributed by atoms with Crippen LogP contribution in [0.4, 0.5) is 0 Å². The van der Waals surface area contributed by atoms with Crippen LogP contribution in [0.2, 0.25) is 0 Å². The number of nitrogens with zero attached hydrogens (tertiary/aromatic N) is 1. The zero-order chi connectivity index (χ0) is 16.0. The van der Waals surface area contributed by atoms with Crippen LogP contribution in [-0.2, 0) is 9.53 Å². The lowest BCUT2D eigenvalue weighted by Crippen LogP contribution is -2.43. The minimum Gasteiger partial charge on any atom is -0.385 e. The maximum atomic E-state index is 12.7. The van der Waals surface area contributed by atoms with Crippen LogP contribution >= 0.6 is 0 Å². The van der Waals surface area contributed by atoms with E-state index in [2.05, 4.69) is 44.8 Å². The van der Waals surface area contributed by atoms with Gasteiger partial charge in [0.1, 0.15) is 0 Å². The summed E-state index contributed by atoms with van der Waals surface area (Å²) in [6, 6.07) is -0.000208. The first kappa shape index (κ1) is 18.4. The third-order valence-electron chi connectivity index (χ3n) is 4.20. The van der Waals surface area contributed by atoms with Crippen molar-refractivity contribution in [2.24, 2.45) is 11.3 Å². The molecule has 1 N–H and O–H groups in total. The molecule has 1 aliphatic heterocycles. The largest absolute Gasteiger partial charge is 0.385 e. The number of hydrogen-bond acceptors (Lipinski definition) is 3. The van der Waals surface area contributed by atoms with E-state index >= 15 is 0 Å². The fourth-order valence-electron chi connectivity index (χ4n) is 3.01. The topological polar surface area (TPSA) is 41.6 Å². The zero-order valence-electron chi connectivity index (χ0n) is 14.7. The third-order valence-corrected chi connectivity index (χ3v) is 4.20. The number of hydrogen-bond donors (Lipinski definition) is 1. The summed E-state index contributed by atoms with van der Waals surface area (Å²) in [6.45, 7) is 12.5. The van der Waals surface area contributed by atoms with E-state index in [9.17, 15) is 4.79 Å². The molecular weight excluding hydrogens is 264 g/mol. The minimum absolute atomic E-state index is 0.000208. The van der Waals surface area contributed by atoms with Gasteiger partial charge in [0, 0.05) is 20.3 Å². The predicted octanol–water partition coefficient (Wildman–Crippen LogP) is 3.02. The Labute approximate surface area is 130 Å². The zero-order valence-corrected chi connectivity index (χ0v) is 14.7. The van der Waals surface area contributed by atoms with Crippen molar-refractivity contribution in [3.05, 3.63) is 0 Å². The number of carbonyl (C=O) groups is 1. The molecule has 0 radical (unpaired) electrons. The van der Waals surface area contributed by atoms with Crippen LogP contribution in [0.3, 0.4) is 0 Å². The minimum atomic E-state index is -0.000208. The molecule has 0 aromatic carbocycles. The average Bonchev–Trinajstić information content (AvgIpc) is 2.65. The van der Waals surface area contributed by atoms with E-state index in [1.54, 1.807) is 7.11 Å². The van der Waals surface area contributed by atoms with Crippen LogP contribution in [0.5, 0.6) is 0 Å². The highest BCUT2D eigenvalue weighted by Gasteiger charge is 2.40. The van der Waals surface area contributed by atoms with E-state index in [-0.39, 0.29) is 23.5 Å². The first-order valence-corrected chi connectivity index (χ1v) is 8.36. The molecule has 1 amide bonds. The first-order chi connectivity index (χ1) is 9.80. The number of carbonyl (C=O) groups excluding carboxylic acids is 1. The summed E-state index contributed by atoms with van der Waals surface area (Å²) >= 11 is 0. The van der Waals surface area contributed by atoms with Gasteiger partial charge in [-0.25, -0.2) is 0 Å². The Morgan fingerprint density at radius 3 is 2.57 bits per heavy atom. The molecule has 2 unspecified atom stereocenters. The van der Waals surface area contributed by atoms with Gasteiger partial charge in [-0.15, -0.1) is 0 Å². The number of rotatable bonds is 9. The highest BCUT2D eigenvalue weighted by molar-refractivity contribution is 5.84. The second-order valence-electron chi connectivity index (χ2n) is 7.53. The lowest BCUT2D eigenvalue weighted by molar-refractivity contribution is -0.131. The molecule has 0 bridgehead atoms. The van der Waals surface area contributed by atoms with Crippen molar-refractivity contribution in [1.29, 1.82) is 0 Å². The number of methoxy groups -OCH3 is 1. The molecule has 4 heteroatoms. The van der Waals surface area contributed by atoms with Gasteiger partial charge in [0.25, 0.3) is 0 Å². The highest BCUT2D eigenvalue weighted by Crippen LogP contribution is 2.27. The fourth-order valence-corrected chi connectivity index (χ4v) is 3.01. The van der Waals surface area contributed by atoms with Crippen LogP contribution in [-0.4, -0.2) is 43.3 Å². The summed E-state index contributed by atoms with van der Waals surface area (Å²) in [5.74, 6) is 0.822. The first-order valence-electron chi connectivity index (χ1n) is 8.36. The maximum absolute atomic E-state index is 12.7. The molecular formula is C17H34N2O2. The summed E-state index contributed by atoms with van der Waals surface area (Å²) in [6.07, 6.45) is 4.22. The van der Waals surface area contributed by atoms with Gasteiger partial charge in [-0.2, -0.15) is 0 Å². The van der Waals surface area contributed by atoms with Crippen molar-refractivity contribution in [2.45, 2.75) is 72.5 Å². The fraction of sp³-hybridized carbons (Fsp3) is 0.941. The van der Waals surface area contributed by atoms with Crippen LogP contribution < -0.4 is 5.32 Å². The second-order valence-corrected chi connectivity index (χ2v) is 7.53. The molecule has 124 valence electrons. The van der Waals surface area contributed by atoms with E-state index < -0.39 is 0 Å². The second kappa shape index (κ2) is 8.14. The van der Waals surface area contributed by atoms with E-state index in [0.29, 0.717) is 5.92 Å². The Morgan fingerprint density at radius 1 is 1.38 bits per heavy atom. The molecule has 1 heterocycles. The average molecular weight is 298 g/mol. The van der Waals surface area contributed by atoms with Crippen molar-refractivity contribution in [1.82, 2.24) is 10.2 Å². The van der Waals surface area contributed by atoms with Crippen molar-refractivity contribution in [3.8, 4) is 0 Å². The Morgan fingerprint density at radius 2 is 2.05 bits per heavy atom. The molecule has 0 saturated carbocycles. The molecule has 1 rings (SSSR count). The monoisotopic (exact) mass is 298 g/mol.